The summed E-state index contributed by atoms with van der Waals surface area (Å²) < 4.78 is 52.9. The molecule has 0 saturated carbocycles. The summed E-state index contributed by atoms with van der Waals surface area (Å²) in [5.41, 5.74) is -0.502. The van der Waals surface area contributed by atoms with E-state index in [4.69, 9.17) is 5.21 Å². The molecule has 0 fully saturated rings. The van der Waals surface area contributed by atoms with Crippen molar-refractivity contribution in [3.8, 4) is 0 Å². The van der Waals surface area contributed by atoms with Crippen LogP contribution in [0.2, 0.25) is 0 Å². The fourth-order valence-electron chi connectivity index (χ4n) is 2.13. The first-order chi connectivity index (χ1) is 12.6. The average molecular weight is 383 g/mol. The van der Waals surface area contributed by atoms with Crippen molar-refractivity contribution in [3.63, 3.8) is 0 Å². The zero-order valence-corrected chi connectivity index (χ0v) is 13.8. The normalized spacial score (nSPS) is 11.5. The van der Waals surface area contributed by atoms with Crippen molar-refractivity contribution in [2.45, 2.75) is 6.18 Å². The Morgan fingerprint density at radius 1 is 1.15 bits per heavy atom. The van der Waals surface area contributed by atoms with Crippen molar-refractivity contribution in [1.29, 1.82) is 0 Å². The Labute approximate surface area is 150 Å². The van der Waals surface area contributed by atoms with Crippen LogP contribution >= 0.6 is 0 Å². The summed E-state index contributed by atoms with van der Waals surface area (Å²) in [5, 5.41) is 12.8. The molecule has 27 heavy (non-hydrogen) atoms. The molecular weight excluding hydrogens is 370 g/mol. The van der Waals surface area contributed by atoms with Crippen molar-refractivity contribution < 1.29 is 32.4 Å². The Bertz CT molecular complexity index is 880. The van der Waals surface area contributed by atoms with E-state index in [9.17, 15) is 27.2 Å². The minimum absolute atomic E-state index is 0.153. The largest absolute Gasteiger partial charge is 0.417 e. The maximum Gasteiger partial charge on any atom is 0.417 e. The van der Waals surface area contributed by atoms with Gasteiger partial charge in [-0.1, -0.05) is 18.2 Å². The third-order valence-corrected chi connectivity index (χ3v) is 3.48. The van der Waals surface area contributed by atoms with Gasteiger partial charge in [-0.2, -0.15) is 18.3 Å². The number of nitrogens with zero attached hydrogens (tertiary/aromatic N) is 2. The first kappa shape index (κ1) is 20.0. The van der Waals surface area contributed by atoms with Crippen LogP contribution in [0.5, 0.6) is 0 Å². The van der Waals surface area contributed by atoms with E-state index in [1.54, 1.807) is 0 Å². The Balaban J connectivity index is 2.24. The molecule has 2 aromatic carbocycles. The van der Waals surface area contributed by atoms with Gasteiger partial charge in [-0.25, -0.2) is 14.9 Å². The number of hydrazone groups is 1. The minimum atomic E-state index is -4.90. The predicted octanol–water partition coefficient (Wildman–Crippen LogP) is 3.07. The highest BCUT2D eigenvalue weighted by molar-refractivity contribution is 5.97. The van der Waals surface area contributed by atoms with Crippen LogP contribution < -0.4 is 5.48 Å². The highest BCUT2D eigenvalue weighted by Gasteiger charge is 2.37. The van der Waals surface area contributed by atoms with Gasteiger partial charge in [-0.05, 0) is 29.8 Å². The molecule has 0 aliphatic heterocycles. The third-order valence-electron chi connectivity index (χ3n) is 3.48. The SMILES string of the molecule is CN(/N=C/c1ccc(C(=O)NO)cc1)C(=O)c1c(F)cccc1C(F)(F)F. The molecule has 0 spiro atoms. The van der Waals surface area contributed by atoms with Crippen molar-refractivity contribution in [3.05, 3.63) is 70.5 Å². The molecule has 2 rings (SSSR count). The van der Waals surface area contributed by atoms with Crippen molar-refractivity contribution in [2.24, 2.45) is 5.10 Å². The number of hydrogen-bond acceptors (Lipinski definition) is 4. The molecule has 0 heterocycles. The third kappa shape index (κ3) is 4.67. The maximum atomic E-state index is 13.9. The number of hydrogen-bond donors (Lipinski definition) is 2. The number of carbonyl (C=O) groups is 2. The van der Waals surface area contributed by atoms with Gasteiger partial charge in [0.1, 0.15) is 5.82 Å². The molecule has 2 aromatic rings. The van der Waals surface area contributed by atoms with Gasteiger partial charge in [-0.15, -0.1) is 0 Å². The number of alkyl halides is 3. The standard InChI is InChI=1S/C17H13F4N3O3/c1-24(22-9-10-5-7-11(8-6-10)15(25)23-27)16(26)14-12(17(19,20)21)3-2-4-13(14)18/h2-9,27H,1H3,(H,23,25)/b22-9+. The molecule has 2 amide bonds. The van der Waals surface area contributed by atoms with Crippen LogP contribution in [0.3, 0.4) is 0 Å². The molecule has 0 saturated heterocycles. The lowest BCUT2D eigenvalue weighted by Crippen LogP contribution is -2.26. The topological polar surface area (TPSA) is 82.0 Å². The Hall–Kier alpha value is -3.27. The van der Waals surface area contributed by atoms with Gasteiger partial charge in [0.25, 0.3) is 11.8 Å². The summed E-state index contributed by atoms with van der Waals surface area (Å²) in [4.78, 5) is 23.4. The number of nitrogens with one attached hydrogen (secondary N) is 1. The predicted molar refractivity (Wildman–Crippen MR) is 86.8 cm³/mol. The highest BCUT2D eigenvalue weighted by Crippen LogP contribution is 2.33. The fraction of sp³-hybridized carbons (Fsp3) is 0.118. The van der Waals surface area contributed by atoms with E-state index in [0.717, 1.165) is 25.4 Å². The van der Waals surface area contributed by atoms with Crippen LogP contribution in [0.25, 0.3) is 0 Å². The van der Waals surface area contributed by atoms with E-state index in [0.29, 0.717) is 16.6 Å². The monoisotopic (exact) mass is 383 g/mol. The molecule has 0 atom stereocenters. The van der Waals surface area contributed by atoms with Gasteiger partial charge in [0, 0.05) is 12.6 Å². The van der Waals surface area contributed by atoms with E-state index in [1.165, 1.54) is 29.7 Å². The molecule has 0 aromatic heterocycles. The number of rotatable bonds is 4. The summed E-state index contributed by atoms with van der Waals surface area (Å²) >= 11 is 0. The Morgan fingerprint density at radius 2 is 1.78 bits per heavy atom. The van der Waals surface area contributed by atoms with E-state index in [-0.39, 0.29) is 5.56 Å². The smallest absolute Gasteiger partial charge is 0.288 e. The van der Waals surface area contributed by atoms with Gasteiger partial charge in [-0.3, -0.25) is 14.8 Å². The minimum Gasteiger partial charge on any atom is -0.288 e. The highest BCUT2D eigenvalue weighted by atomic mass is 19.4. The lowest BCUT2D eigenvalue weighted by molar-refractivity contribution is -0.138. The summed E-state index contributed by atoms with van der Waals surface area (Å²) in [6.45, 7) is 0. The van der Waals surface area contributed by atoms with Crippen molar-refractivity contribution >= 4 is 18.0 Å². The molecule has 10 heteroatoms. The van der Waals surface area contributed by atoms with Crippen molar-refractivity contribution in [1.82, 2.24) is 10.5 Å². The lowest BCUT2D eigenvalue weighted by atomic mass is 10.1. The quantitative estimate of drug-likeness (QED) is 0.369. The summed E-state index contributed by atoms with van der Waals surface area (Å²) in [6, 6.07) is 7.79. The summed E-state index contributed by atoms with van der Waals surface area (Å²) in [7, 11) is 1.08. The van der Waals surface area contributed by atoms with Crippen LogP contribution in [0, 0.1) is 5.82 Å². The summed E-state index contributed by atoms with van der Waals surface area (Å²) in [5.74, 6) is -3.31. The van der Waals surface area contributed by atoms with Crippen molar-refractivity contribution in [2.75, 3.05) is 7.05 Å². The first-order valence-corrected chi connectivity index (χ1v) is 7.37. The summed E-state index contributed by atoms with van der Waals surface area (Å²) in [6.07, 6.45) is -3.76. The molecule has 0 radical (unpaired) electrons. The van der Waals surface area contributed by atoms with E-state index < -0.39 is 34.9 Å². The zero-order valence-electron chi connectivity index (χ0n) is 13.8. The van der Waals surface area contributed by atoms with Crippen LogP contribution in [0.1, 0.15) is 31.8 Å². The maximum absolute atomic E-state index is 13.9. The molecule has 0 aliphatic carbocycles. The molecule has 0 bridgehead atoms. The van der Waals surface area contributed by atoms with E-state index >= 15 is 0 Å². The van der Waals surface area contributed by atoms with E-state index in [2.05, 4.69) is 5.10 Å². The second-order valence-electron chi connectivity index (χ2n) is 5.30. The lowest BCUT2D eigenvalue weighted by Gasteiger charge is -2.16. The van der Waals surface area contributed by atoms with Gasteiger partial charge in [0.15, 0.2) is 0 Å². The molecule has 0 aliphatic rings. The zero-order chi connectivity index (χ0) is 20.2. The average Bonchev–Trinajstić information content (AvgIpc) is 2.64. The van der Waals surface area contributed by atoms with Gasteiger partial charge < -0.3 is 0 Å². The second-order valence-corrected chi connectivity index (χ2v) is 5.30. The van der Waals surface area contributed by atoms with Crippen LogP contribution in [-0.4, -0.2) is 35.3 Å². The first-order valence-electron chi connectivity index (χ1n) is 7.37. The van der Waals surface area contributed by atoms with Crippen LogP contribution in [0.15, 0.2) is 47.6 Å². The fourth-order valence-corrected chi connectivity index (χ4v) is 2.13. The van der Waals surface area contributed by atoms with Gasteiger partial charge in [0.2, 0.25) is 0 Å². The molecule has 2 N–H and O–H groups in total. The molecular formula is C17H13F4N3O3. The van der Waals surface area contributed by atoms with Gasteiger partial charge >= 0.3 is 6.18 Å². The Kier molecular flexibility index (Phi) is 5.91. The molecule has 0 unspecified atom stereocenters. The number of carbonyl (C=O) groups excluding carboxylic acids is 2. The van der Waals surface area contributed by atoms with E-state index in [1.807, 2.05) is 0 Å². The van der Waals surface area contributed by atoms with Crippen LogP contribution in [0.4, 0.5) is 17.6 Å². The Morgan fingerprint density at radius 3 is 2.33 bits per heavy atom. The number of benzene rings is 2. The molecule has 142 valence electrons. The second kappa shape index (κ2) is 7.96. The molecule has 6 nitrogen and oxygen atoms in total. The van der Waals surface area contributed by atoms with Crippen LogP contribution in [-0.2, 0) is 6.18 Å². The number of halogens is 4. The van der Waals surface area contributed by atoms with Gasteiger partial charge in [0.05, 0.1) is 17.3 Å². The number of amides is 2. The number of hydroxylamine groups is 1.